The van der Waals surface area contributed by atoms with E-state index in [1.54, 1.807) is 25.3 Å². The number of methoxy groups -OCH3 is 3. The van der Waals surface area contributed by atoms with E-state index in [2.05, 4.69) is 12.2 Å². The van der Waals surface area contributed by atoms with Crippen LogP contribution in [0.2, 0.25) is 0 Å². The summed E-state index contributed by atoms with van der Waals surface area (Å²) >= 11 is 0. The normalized spacial score (nSPS) is 10.2. The van der Waals surface area contributed by atoms with Crippen LogP contribution in [0.1, 0.15) is 28.4 Å². The molecule has 0 fully saturated rings. The standard InChI is InChI=1S/C19H23NO4/c1-5-14-11-13(9-10-15(14)22-2)12-20-19(21)18-16(23-3)7-6-8-17(18)24-4/h6-11H,5,12H2,1-4H3,(H,20,21). The van der Waals surface area contributed by atoms with Crippen LogP contribution in [0, 0.1) is 0 Å². The molecule has 2 rings (SSSR count). The van der Waals surface area contributed by atoms with Gasteiger partial charge in [-0.1, -0.05) is 25.1 Å². The molecular formula is C19H23NO4. The molecule has 2 aromatic rings. The van der Waals surface area contributed by atoms with Gasteiger partial charge in [-0.3, -0.25) is 4.79 Å². The van der Waals surface area contributed by atoms with Gasteiger partial charge >= 0.3 is 0 Å². The van der Waals surface area contributed by atoms with Gasteiger partial charge in [0.25, 0.3) is 5.91 Å². The third-order valence-corrected chi connectivity index (χ3v) is 3.83. The number of ether oxygens (including phenoxy) is 3. The number of nitrogens with one attached hydrogen (secondary N) is 1. The van der Waals surface area contributed by atoms with E-state index < -0.39 is 0 Å². The summed E-state index contributed by atoms with van der Waals surface area (Å²) in [5.41, 5.74) is 2.51. The van der Waals surface area contributed by atoms with Gasteiger partial charge in [0, 0.05) is 6.54 Å². The maximum Gasteiger partial charge on any atom is 0.259 e. The van der Waals surface area contributed by atoms with Crippen molar-refractivity contribution in [3.63, 3.8) is 0 Å². The number of rotatable bonds is 7. The Bertz CT molecular complexity index is 690. The number of carbonyl (C=O) groups is 1. The summed E-state index contributed by atoms with van der Waals surface area (Å²) < 4.78 is 15.9. The van der Waals surface area contributed by atoms with Crippen molar-refractivity contribution in [2.24, 2.45) is 0 Å². The van der Waals surface area contributed by atoms with Gasteiger partial charge in [0.2, 0.25) is 0 Å². The molecule has 0 saturated heterocycles. The first-order valence-corrected chi connectivity index (χ1v) is 7.79. The number of aryl methyl sites for hydroxylation is 1. The van der Waals surface area contributed by atoms with Crippen molar-refractivity contribution in [1.82, 2.24) is 5.32 Å². The molecule has 1 N–H and O–H groups in total. The summed E-state index contributed by atoms with van der Waals surface area (Å²) in [6.45, 7) is 2.48. The number of hydrogen-bond donors (Lipinski definition) is 1. The molecule has 0 aromatic heterocycles. The van der Waals surface area contributed by atoms with Crippen LogP contribution >= 0.6 is 0 Å². The van der Waals surface area contributed by atoms with Gasteiger partial charge in [-0.25, -0.2) is 0 Å². The van der Waals surface area contributed by atoms with Gasteiger partial charge in [0.1, 0.15) is 22.8 Å². The number of amides is 1. The molecule has 0 aliphatic rings. The van der Waals surface area contributed by atoms with Gasteiger partial charge in [-0.15, -0.1) is 0 Å². The van der Waals surface area contributed by atoms with E-state index in [1.807, 2.05) is 18.2 Å². The molecule has 0 unspecified atom stereocenters. The van der Waals surface area contributed by atoms with Crippen LogP contribution in [0.4, 0.5) is 0 Å². The van der Waals surface area contributed by atoms with E-state index in [-0.39, 0.29) is 5.91 Å². The van der Waals surface area contributed by atoms with Crippen molar-refractivity contribution >= 4 is 5.91 Å². The van der Waals surface area contributed by atoms with Crippen molar-refractivity contribution in [1.29, 1.82) is 0 Å². The average Bonchev–Trinajstić information content (AvgIpc) is 2.64. The smallest absolute Gasteiger partial charge is 0.259 e. The summed E-state index contributed by atoms with van der Waals surface area (Å²) in [5, 5.41) is 2.91. The predicted molar refractivity (Wildman–Crippen MR) is 93.1 cm³/mol. The Kier molecular flexibility index (Phi) is 6.07. The summed E-state index contributed by atoms with van der Waals surface area (Å²) in [6, 6.07) is 11.2. The molecule has 24 heavy (non-hydrogen) atoms. The highest BCUT2D eigenvalue weighted by atomic mass is 16.5. The summed E-state index contributed by atoms with van der Waals surface area (Å²) in [6.07, 6.45) is 0.866. The fourth-order valence-corrected chi connectivity index (χ4v) is 2.56. The van der Waals surface area contributed by atoms with Gasteiger partial charge in [0.15, 0.2) is 0 Å². The second-order valence-electron chi connectivity index (χ2n) is 5.22. The van der Waals surface area contributed by atoms with E-state index in [4.69, 9.17) is 14.2 Å². The molecule has 0 heterocycles. The van der Waals surface area contributed by atoms with E-state index in [1.165, 1.54) is 14.2 Å². The minimum atomic E-state index is -0.238. The highest BCUT2D eigenvalue weighted by Gasteiger charge is 2.17. The second kappa shape index (κ2) is 8.24. The predicted octanol–water partition coefficient (Wildman–Crippen LogP) is 3.20. The van der Waals surface area contributed by atoms with Crippen molar-refractivity contribution in [3.05, 3.63) is 53.1 Å². The largest absolute Gasteiger partial charge is 0.496 e. The zero-order chi connectivity index (χ0) is 17.5. The highest BCUT2D eigenvalue weighted by Crippen LogP contribution is 2.28. The number of hydrogen-bond acceptors (Lipinski definition) is 4. The first-order valence-electron chi connectivity index (χ1n) is 7.79. The Balaban J connectivity index is 2.17. The molecule has 5 nitrogen and oxygen atoms in total. The molecule has 0 atom stereocenters. The minimum Gasteiger partial charge on any atom is -0.496 e. The fourth-order valence-electron chi connectivity index (χ4n) is 2.56. The van der Waals surface area contributed by atoms with Crippen LogP contribution in [0.3, 0.4) is 0 Å². The molecular weight excluding hydrogens is 306 g/mol. The van der Waals surface area contributed by atoms with E-state index in [9.17, 15) is 4.79 Å². The molecule has 0 bridgehead atoms. The molecule has 128 valence electrons. The fraction of sp³-hybridized carbons (Fsp3) is 0.316. The zero-order valence-electron chi connectivity index (χ0n) is 14.5. The summed E-state index contributed by atoms with van der Waals surface area (Å²) in [5.74, 6) is 1.59. The molecule has 1 amide bonds. The molecule has 0 aliphatic heterocycles. The Hall–Kier alpha value is -2.69. The van der Waals surface area contributed by atoms with Crippen LogP contribution in [-0.2, 0) is 13.0 Å². The topological polar surface area (TPSA) is 56.8 Å². The lowest BCUT2D eigenvalue weighted by atomic mass is 10.1. The van der Waals surface area contributed by atoms with Gasteiger partial charge in [-0.05, 0) is 35.7 Å². The highest BCUT2D eigenvalue weighted by molar-refractivity contribution is 5.99. The molecule has 0 spiro atoms. The van der Waals surface area contributed by atoms with Gasteiger partial charge < -0.3 is 19.5 Å². The van der Waals surface area contributed by atoms with E-state index in [0.29, 0.717) is 23.6 Å². The van der Waals surface area contributed by atoms with Crippen molar-refractivity contribution in [3.8, 4) is 17.2 Å². The Morgan fingerprint density at radius 2 is 1.58 bits per heavy atom. The minimum absolute atomic E-state index is 0.238. The van der Waals surface area contributed by atoms with Crippen LogP contribution in [-0.4, -0.2) is 27.2 Å². The van der Waals surface area contributed by atoms with Gasteiger partial charge in [-0.2, -0.15) is 0 Å². The first-order chi connectivity index (χ1) is 11.6. The van der Waals surface area contributed by atoms with Crippen LogP contribution < -0.4 is 19.5 Å². The van der Waals surface area contributed by atoms with E-state index >= 15 is 0 Å². The molecule has 2 aromatic carbocycles. The third-order valence-electron chi connectivity index (χ3n) is 3.83. The zero-order valence-corrected chi connectivity index (χ0v) is 14.5. The molecule has 5 heteroatoms. The monoisotopic (exact) mass is 329 g/mol. The lowest BCUT2D eigenvalue weighted by Gasteiger charge is -2.14. The van der Waals surface area contributed by atoms with Crippen LogP contribution in [0.15, 0.2) is 36.4 Å². The third kappa shape index (κ3) is 3.79. The lowest BCUT2D eigenvalue weighted by Crippen LogP contribution is -2.24. The van der Waals surface area contributed by atoms with Crippen molar-refractivity contribution in [2.75, 3.05) is 21.3 Å². The molecule has 0 radical (unpaired) electrons. The molecule has 0 saturated carbocycles. The van der Waals surface area contributed by atoms with Crippen LogP contribution in [0.25, 0.3) is 0 Å². The first kappa shape index (κ1) is 17.7. The van der Waals surface area contributed by atoms with Crippen molar-refractivity contribution in [2.45, 2.75) is 19.9 Å². The second-order valence-corrected chi connectivity index (χ2v) is 5.22. The van der Waals surface area contributed by atoms with Crippen LogP contribution in [0.5, 0.6) is 17.2 Å². The maximum absolute atomic E-state index is 12.6. The Morgan fingerprint density at radius 3 is 2.12 bits per heavy atom. The Morgan fingerprint density at radius 1 is 0.958 bits per heavy atom. The number of carbonyl (C=O) groups excluding carboxylic acids is 1. The average molecular weight is 329 g/mol. The number of benzene rings is 2. The van der Waals surface area contributed by atoms with Gasteiger partial charge in [0.05, 0.1) is 21.3 Å². The van der Waals surface area contributed by atoms with Crippen molar-refractivity contribution < 1.29 is 19.0 Å². The lowest BCUT2D eigenvalue weighted by molar-refractivity contribution is 0.0944. The Labute approximate surface area is 142 Å². The summed E-state index contributed by atoms with van der Waals surface area (Å²) in [4.78, 5) is 12.6. The quantitative estimate of drug-likeness (QED) is 0.847. The van der Waals surface area contributed by atoms with E-state index in [0.717, 1.165) is 23.3 Å². The molecule has 0 aliphatic carbocycles. The SMILES string of the molecule is CCc1cc(CNC(=O)c2c(OC)cccc2OC)ccc1OC. The maximum atomic E-state index is 12.6. The summed E-state index contributed by atoms with van der Waals surface area (Å²) in [7, 11) is 4.72.